The van der Waals surface area contributed by atoms with Crippen molar-refractivity contribution in [1.82, 2.24) is 9.80 Å². The van der Waals surface area contributed by atoms with E-state index in [0.717, 1.165) is 0 Å². The number of ether oxygens (including phenoxy) is 2. The van der Waals surface area contributed by atoms with Gasteiger partial charge in [-0.3, -0.25) is 9.59 Å². The molecule has 4 amide bonds. The van der Waals surface area contributed by atoms with E-state index in [4.69, 9.17) is 9.47 Å². The number of hydrogen-bond acceptors (Lipinski definition) is 5. The Morgan fingerprint density at radius 2 is 1.70 bits per heavy atom. The summed E-state index contributed by atoms with van der Waals surface area (Å²) in [6, 6.07) is 14.8. The number of amides is 4. The third-order valence-electron chi connectivity index (χ3n) is 5.33. The van der Waals surface area contributed by atoms with E-state index in [0.29, 0.717) is 36.7 Å². The molecule has 8 nitrogen and oxygen atoms in total. The molecule has 1 atom stereocenters. The largest absolute Gasteiger partial charge is 0.497 e. The number of anilines is 1. The number of carbonyl (C=O) groups is 3. The van der Waals surface area contributed by atoms with Gasteiger partial charge in [-0.1, -0.05) is 18.2 Å². The molecule has 4 rings (SSSR count). The molecule has 2 fully saturated rings. The zero-order valence-electron chi connectivity index (χ0n) is 16.7. The molecule has 2 aromatic carbocycles. The number of benzene rings is 2. The maximum atomic E-state index is 13.0. The van der Waals surface area contributed by atoms with Crippen LogP contribution in [0.15, 0.2) is 54.6 Å². The van der Waals surface area contributed by atoms with Gasteiger partial charge in [-0.2, -0.15) is 0 Å². The van der Waals surface area contributed by atoms with E-state index in [2.05, 4.69) is 0 Å². The van der Waals surface area contributed by atoms with Gasteiger partial charge in [0.15, 0.2) is 6.61 Å². The van der Waals surface area contributed by atoms with Gasteiger partial charge < -0.3 is 19.3 Å². The van der Waals surface area contributed by atoms with Crippen molar-refractivity contribution < 1.29 is 23.9 Å². The van der Waals surface area contributed by atoms with Crippen LogP contribution in [0.2, 0.25) is 0 Å². The monoisotopic (exact) mass is 409 g/mol. The van der Waals surface area contributed by atoms with Crippen LogP contribution in [0.5, 0.6) is 11.5 Å². The van der Waals surface area contributed by atoms with Gasteiger partial charge >= 0.3 is 6.03 Å². The van der Waals surface area contributed by atoms with Crippen molar-refractivity contribution in [1.29, 1.82) is 0 Å². The highest BCUT2D eigenvalue weighted by Gasteiger charge is 2.47. The number of rotatable bonds is 5. The van der Waals surface area contributed by atoms with Crippen molar-refractivity contribution >= 4 is 23.5 Å². The second-order valence-electron chi connectivity index (χ2n) is 7.16. The highest BCUT2D eigenvalue weighted by Crippen LogP contribution is 2.27. The van der Waals surface area contributed by atoms with Crippen LogP contribution in [0, 0.1) is 0 Å². The van der Waals surface area contributed by atoms with Crippen LogP contribution in [-0.4, -0.2) is 67.0 Å². The Morgan fingerprint density at radius 1 is 1.00 bits per heavy atom. The van der Waals surface area contributed by atoms with Crippen molar-refractivity contribution in [3.8, 4) is 11.5 Å². The standard InChI is InChI=1S/C22H23N3O5/c1-29-17-8-10-18(11-9-17)30-15-20(26)23-12-5-13-24-19(14-23)21(27)25(22(24)28)16-6-3-2-4-7-16/h2-4,6-11,19H,5,12-15H2,1H3. The summed E-state index contributed by atoms with van der Waals surface area (Å²) >= 11 is 0. The second kappa shape index (κ2) is 8.44. The number of nitrogens with zero attached hydrogens (tertiary/aromatic N) is 3. The number of carbonyl (C=O) groups excluding carboxylic acids is 3. The minimum Gasteiger partial charge on any atom is -0.497 e. The smallest absolute Gasteiger partial charge is 0.332 e. The maximum Gasteiger partial charge on any atom is 0.332 e. The van der Waals surface area contributed by atoms with Gasteiger partial charge in [0.2, 0.25) is 0 Å². The summed E-state index contributed by atoms with van der Waals surface area (Å²) < 4.78 is 10.7. The molecule has 2 aromatic rings. The third kappa shape index (κ3) is 3.80. The summed E-state index contributed by atoms with van der Waals surface area (Å²) in [6.07, 6.45) is 0.604. The normalized spacial score (nSPS) is 18.8. The maximum absolute atomic E-state index is 13.0. The molecule has 8 heteroatoms. The molecule has 2 heterocycles. The highest BCUT2D eigenvalue weighted by molar-refractivity contribution is 6.21. The lowest BCUT2D eigenvalue weighted by Crippen LogP contribution is -2.45. The lowest BCUT2D eigenvalue weighted by molar-refractivity contribution is -0.134. The van der Waals surface area contributed by atoms with E-state index in [1.807, 2.05) is 6.07 Å². The highest BCUT2D eigenvalue weighted by atomic mass is 16.5. The molecule has 2 aliphatic heterocycles. The van der Waals surface area contributed by atoms with E-state index in [1.54, 1.807) is 65.4 Å². The van der Waals surface area contributed by atoms with Crippen LogP contribution >= 0.6 is 0 Å². The minimum absolute atomic E-state index is 0.135. The summed E-state index contributed by atoms with van der Waals surface area (Å²) in [7, 11) is 1.58. The molecule has 1 unspecified atom stereocenters. The summed E-state index contributed by atoms with van der Waals surface area (Å²) in [5.74, 6) is 0.740. The van der Waals surface area contributed by atoms with Gasteiger partial charge in [0, 0.05) is 13.1 Å². The van der Waals surface area contributed by atoms with E-state index in [1.165, 1.54) is 4.90 Å². The molecule has 0 radical (unpaired) electrons. The fraction of sp³-hybridized carbons (Fsp3) is 0.318. The fourth-order valence-corrected chi connectivity index (χ4v) is 3.75. The fourth-order valence-electron chi connectivity index (χ4n) is 3.75. The van der Waals surface area contributed by atoms with Crippen molar-refractivity contribution in [3.63, 3.8) is 0 Å². The lowest BCUT2D eigenvalue weighted by Gasteiger charge is -2.23. The van der Waals surface area contributed by atoms with Crippen LogP contribution in [0.3, 0.4) is 0 Å². The van der Waals surface area contributed by atoms with E-state index >= 15 is 0 Å². The molecule has 0 aromatic heterocycles. The van der Waals surface area contributed by atoms with Gasteiger partial charge in [0.25, 0.3) is 11.8 Å². The van der Waals surface area contributed by atoms with Gasteiger partial charge in [0.1, 0.15) is 17.5 Å². The van der Waals surface area contributed by atoms with Crippen LogP contribution < -0.4 is 14.4 Å². The predicted octanol–water partition coefficient (Wildman–Crippen LogP) is 2.14. The first-order chi connectivity index (χ1) is 14.6. The predicted molar refractivity (Wildman–Crippen MR) is 110 cm³/mol. The summed E-state index contributed by atoms with van der Waals surface area (Å²) in [4.78, 5) is 42.9. The molecule has 0 bridgehead atoms. The summed E-state index contributed by atoms with van der Waals surface area (Å²) in [5, 5.41) is 0. The van der Waals surface area contributed by atoms with Crippen LogP contribution in [0.25, 0.3) is 0 Å². The Labute approximate surface area is 174 Å². The number of hydrogen-bond donors (Lipinski definition) is 0. The van der Waals surface area contributed by atoms with Crippen molar-refractivity contribution in [3.05, 3.63) is 54.6 Å². The van der Waals surface area contributed by atoms with E-state index in [-0.39, 0.29) is 31.0 Å². The Kier molecular flexibility index (Phi) is 5.56. The minimum atomic E-state index is -0.676. The summed E-state index contributed by atoms with van der Waals surface area (Å²) in [6.45, 7) is 0.938. The average molecular weight is 409 g/mol. The van der Waals surface area contributed by atoms with Crippen LogP contribution in [0.4, 0.5) is 10.5 Å². The van der Waals surface area contributed by atoms with Gasteiger partial charge in [-0.15, -0.1) is 0 Å². The number of urea groups is 1. The first kappa shape index (κ1) is 19.8. The Hall–Kier alpha value is -3.55. The molecule has 2 saturated heterocycles. The number of imide groups is 1. The number of methoxy groups -OCH3 is 1. The van der Waals surface area contributed by atoms with Crippen molar-refractivity contribution in [2.24, 2.45) is 0 Å². The van der Waals surface area contributed by atoms with Crippen molar-refractivity contribution in [2.45, 2.75) is 12.5 Å². The van der Waals surface area contributed by atoms with Crippen LogP contribution in [0.1, 0.15) is 6.42 Å². The first-order valence-electron chi connectivity index (χ1n) is 9.82. The van der Waals surface area contributed by atoms with E-state index < -0.39 is 6.04 Å². The lowest BCUT2D eigenvalue weighted by atomic mass is 10.2. The van der Waals surface area contributed by atoms with Crippen LogP contribution in [-0.2, 0) is 9.59 Å². The SMILES string of the molecule is COc1ccc(OCC(=O)N2CCCN3C(=O)N(c4ccccc4)C(=O)C3C2)cc1. The van der Waals surface area contributed by atoms with Gasteiger partial charge in [-0.25, -0.2) is 9.69 Å². The summed E-state index contributed by atoms with van der Waals surface area (Å²) in [5.41, 5.74) is 0.543. The van der Waals surface area contributed by atoms with E-state index in [9.17, 15) is 14.4 Å². The third-order valence-corrected chi connectivity index (χ3v) is 5.33. The number of fused-ring (bicyclic) bond motifs is 1. The number of para-hydroxylation sites is 1. The zero-order valence-corrected chi connectivity index (χ0v) is 16.7. The molecular formula is C22H23N3O5. The molecular weight excluding hydrogens is 386 g/mol. The Morgan fingerprint density at radius 3 is 2.40 bits per heavy atom. The Bertz CT molecular complexity index is 932. The molecule has 0 N–H and O–H groups in total. The topological polar surface area (TPSA) is 79.4 Å². The Balaban J connectivity index is 1.42. The molecule has 0 aliphatic carbocycles. The quantitative estimate of drug-likeness (QED) is 0.707. The zero-order chi connectivity index (χ0) is 21.1. The molecule has 2 aliphatic rings. The van der Waals surface area contributed by atoms with Gasteiger partial charge in [0.05, 0.1) is 19.3 Å². The first-order valence-corrected chi connectivity index (χ1v) is 9.82. The second-order valence-corrected chi connectivity index (χ2v) is 7.16. The molecule has 30 heavy (non-hydrogen) atoms. The average Bonchev–Trinajstić information content (AvgIpc) is 2.93. The molecule has 156 valence electrons. The molecule has 0 saturated carbocycles. The van der Waals surface area contributed by atoms with Crippen molar-refractivity contribution in [2.75, 3.05) is 38.3 Å². The van der Waals surface area contributed by atoms with Gasteiger partial charge in [-0.05, 0) is 42.8 Å². The molecule has 0 spiro atoms.